The van der Waals surface area contributed by atoms with Crippen molar-refractivity contribution in [3.05, 3.63) is 82.8 Å². The lowest BCUT2D eigenvalue weighted by Gasteiger charge is -2.29. The molecule has 9 nitrogen and oxygen atoms in total. The highest BCUT2D eigenvalue weighted by Gasteiger charge is 2.20. The van der Waals surface area contributed by atoms with Crippen molar-refractivity contribution < 1.29 is 9.59 Å². The van der Waals surface area contributed by atoms with Gasteiger partial charge in [-0.2, -0.15) is 5.10 Å². The number of carbonyl (C=O) groups excluding carboxylic acids is 2. The molecule has 5 rings (SSSR count). The molecule has 2 aromatic carbocycles. The lowest BCUT2D eigenvalue weighted by molar-refractivity contribution is 0.0954. The third kappa shape index (κ3) is 5.63. The van der Waals surface area contributed by atoms with Crippen molar-refractivity contribution in [3.63, 3.8) is 0 Å². The molecule has 202 valence electrons. The summed E-state index contributed by atoms with van der Waals surface area (Å²) in [6.07, 6.45) is 5.38. The molecule has 4 aromatic rings. The monoisotopic (exact) mass is 525 g/mol. The van der Waals surface area contributed by atoms with Gasteiger partial charge >= 0.3 is 0 Å². The van der Waals surface area contributed by atoms with Crippen molar-refractivity contribution in [2.75, 3.05) is 37.3 Å². The molecule has 0 saturated carbocycles. The van der Waals surface area contributed by atoms with Crippen LogP contribution in [0, 0.1) is 13.8 Å². The number of anilines is 3. The molecule has 3 heterocycles. The Morgan fingerprint density at radius 2 is 1.85 bits per heavy atom. The summed E-state index contributed by atoms with van der Waals surface area (Å²) in [5.74, 6) is 0.778. The summed E-state index contributed by atoms with van der Waals surface area (Å²) in [6, 6.07) is 13.7. The molecule has 0 spiro atoms. The van der Waals surface area contributed by atoms with E-state index < -0.39 is 0 Å². The third-order valence-electron chi connectivity index (χ3n) is 7.50. The Bertz CT molecular complexity index is 1520. The van der Waals surface area contributed by atoms with Crippen LogP contribution in [-0.2, 0) is 0 Å². The van der Waals surface area contributed by atoms with Crippen LogP contribution in [0.25, 0.3) is 5.52 Å². The fourth-order valence-corrected chi connectivity index (χ4v) is 5.18. The van der Waals surface area contributed by atoms with Gasteiger partial charge in [-0.25, -0.2) is 9.50 Å². The fourth-order valence-electron chi connectivity index (χ4n) is 5.18. The van der Waals surface area contributed by atoms with Crippen LogP contribution in [0.4, 0.5) is 17.2 Å². The fraction of sp³-hybridized carbons (Fsp3) is 0.333. The highest BCUT2D eigenvalue weighted by Crippen LogP contribution is 2.30. The molecule has 1 fully saturated rings. The minimum atomic E-state index is -0.146. The van der Waals surface area contributed by atoms with Gasteiger partial charge in [0.05, 0.1) is 5.56 Å². The Kier molecular flexibility index (Phi) is 7.60. The van der Waals surface area contributed by atoms with E-state index in [0.29, 0.717) is 35.1 Å². The number of hydrogen-bond acceptors (Lipinski definition) is 6. The summed E-state index contributed by atoms with van der Waals surface area (Å²) < 4.78 is 1.66. The molecule has 1 aliphatic heterocycles. The smallest absolute Gasteiger partial charge is 0.255 e. The van der Waals surface area contributed by atoms with E-state index in [9.17, 15) is 9.59 Å². The van der Waals surface area contributed by atoms with Crippen LogP contribution in [0.1, 0.15) is 63.1 Å². The van der Waals surface area contributed by atoms with E-state index in [2.05, 4.69) is 44.0 Å². The zero-order valence-electron chi connectivity index (χ0n) is 22.9. The van der Waals surface area contributed by atoms with Gasteiger partial charge in [0.25, 0.3) is 11.8 Å². The number of aromatic nitrogens is 3. The Hall–Kier alpha value is -4.24. The van der Waals surface area contributed by atoms with E-state index >= 15 is 0 Å². The summed E-state index contributed by atoms with van der Waals surface area (Å²) in [6.45, 7) is 8.46. The number of hydrogen-bond donors (Lipinski definition) is 3. The Labute approximate surface area is 228 Å². The van der Waals surface area contributed by atoms with E-state index in [1.54, 1.807) is 10.7 Å². The molecule has 0 atom stereocenters. The summed E-state index contributed by atoms with van der Waals surface area (Å²) in [5.41, 5.74) is 6.41. The molecule has 0 unspecified atom stereocenters. The summed E-state index contributed by atoms with van der Waals surface area (Å²) in [4.78, 5) is 32.5. The maximum absolute atomic E-state index is 13.2. The van der Waals surface area contributed by atoms with E-state index in [0.717, 1.165) is 48.3 Å². The van der Waals surface area contributed by atoms with Gasteiger partial charge in [-0.3, -0.25) is 9.59 Å². The first-order valence-corrected chi connectivity index (χ1v) is 13.4. The highest BCUT2D eigenvalue weighted by molar-refractivity contribution is 6.04. The number of likely N-dealkylation sites (tertiary alicyclic amines) is 1. The number of piperidine rings is 1. The first kappa shape index (κ1) is 26.4. The van der Waals surface area contributed by atoms with Crippen LogP contribution >= 0.6 is 0 Å². The van der Waals surface area contributed by atoms with Crippen LogP contribution < -0.4 is 16.0 Å². The number of benzene rings is 2. The van der Waals surface area contributed by atoms with Crippen LogP contribution in [0.2, 0.25) is 0 Å². The van der Waals surface area contributed by atoms with Gasteiger partial charge in [-0.05, 0) is 101 Å². The van der Waals surface area contributed by atoms with Gasteiger partial charge in [-0.1, -0.05) is 18.2 Å². The first-order chi connectivity index (χ1) is 18.8. The van der Waals surface area contributed by atoms with E-state index in [-0.39, 0.29) is 11.8 Å². The SMILES string of the molecule is CCNC(=O)c1cn2ncnc(Nc3cc(NC(=O)c4cccc(C5CCN(C)CC5)c4)ccc3C)c2c1C. The van der Waals surface area contributed by atoms with Crippen molar-refractivity contribution in [1.82, 2.24) is 24.8 Å². The van der Waals surface area contributed by atoms with Crippen molar-refractivity contribution in [3.8, 4) is 0 Å². The maximum atomic E-state index is 13.2. The van der Waals surface area contributed by atoms with Gasteiger partial charge in [0, 0.05) is 29.7 Å². The Morgan fingerprint density at radius 1 is 1.05 bits per heavy atom. The molecule has 1 aliphatic rings. The molecule has 3 N–H and O–H groups in total. The van der Waals surface area contributed by atoms with Crippen molar-refractivity contribution in [2.24, 2.45) is 0 Å². The zero-order chi connectivity index (χ0) is 27.5. The topological polar surface area (TPSA) is 104 Å². The largest absolute Gasteiger partial charge is 0.352 e. The molecule has 0 aliphatic carbocycles. The predicted molar refractivity (Wildman–Crippen MR) is 154 cm³/mol. The molecule has 9 heteroatoms. The normalized spacial score (nSPS) is 14.4. The second kappa shape index (κ2) is 11.2. The second-order valence-corrected chi connectivity index (χ2v) is 10.2. The van der Waals surface area contributed by atoms with Crippen molar-refractivity contribution in [2.45, 2.75) is 39.5 Å². The first-order valence-electron chi connectivity index (χ1n) is 13.4. The molecular weight excluding hydrogens is 490 g/mol. The standard InChI is InChI=1S/C30H35N7O2/c1-5-31-30(39)25-17-37-27(20(25)3)28(32-18-33-37)35-26-16-24(10-9-19(26)2)34-29(38)23-8-6-7-22(15-23)21-11-13-36(4)14-12-21/h6-10,15-18,21H,5,11-14H2,1-4H3,(H,31,39)(H,34,38)(H,32,33,35). The van der Waals surface area contributed by atoms with Gasteiger partial charge in [0.2, 0.25) is 0 Å². The van der Waals surface area contributed by atoms with E-state index in [4.69, 9.17) is 0 Å². The number of fused-ring (bicyclic) bond motifs is 1. The molecule has 0 radical (unpaired) electrons. The summed E-state index contributed by atoms with van der Waals surface area (Å²) in [7, 11) is 2.15. The number of nitrogens with one attached hydrogen (secondary N) is 3. The van der Waals surface area contributed by atoms with Gasteiger partial charge < -0.3 is 20.9 Å². The highest BCUT2D eigenvalue weighted by atomic mass is 16.2. The van der Waals surface area contributed by atoms with E-state index in [1.807, 2.05) is 57.2 Å². The Morgan fingerprint density at radius 3 is 2.62 bits per heavy atom. The number of rotatable bonds is 7. The van der Waals surface area contributed by atoms with Gasteiger partial charge in [-0.15, -0.1) is 0 Å². The van der Waals surface area contributed by atoms with Gasteiger partial charge in [0.1, 0.15) is 11.8 Å². The van der Waals surface area contributed by atoms with Crippen LogP contribution in [0.5, 0.6) is 0 Å². The number of aryl methyl sites for hydroxylation is 2. The molecule has 1 saturated heterocycles. The molecule has 2 aromatic heterocycles. The van der Waals surface area contributed by atoms with Crippen LogP contribution in [0.3, 0.4) is 0 Å². The number of carbonyl (C=O) groups is 2. The molecule has 0 bridgehead atoms. The molecule has 39 heavy (non-hydrogen) atoms. The number of nitrogens with zero attached hydrogens (tertiary/aromatic N) is 4. The number of amides is 2. The van der Waals surface area contributed by atoms with Crippen molar-refractivity contribution >= 4 is 34.5 Å². The zero-order valence-corrected chi connectivity index (χ0v) is 22.9. The summed E-state index contributed by atoms with van der Waals surface area (Å²) in [5, 5.41) is 13.6. The second-order valence-electron chi connectivity index (χ2n) is 10.2. The summed E-state index contributed by atoms with van der Waals surface area (Å²) >= 11 is 0. The third-order valence-corrected chi connectivity index (χ3v) is 7.50. The lowest BCUT2D eigenvalue weighted by atomic mass is 9.89. The van der Waals surface area contributed by atoms with Crippen LogP contribution in [-0.4, -0.2) is 58.0 Å². The quantitative estimate of drug-likeness (QED) is 0.317. The maximum Gasteiger partial charge on any atom is 0.255 e. The van der Waals surface area contributed by atoms with Crippen LogP contribution in [0.15, 0.2) is 55.0 Å². The van der Waals surface area contributed by atoms with E-state index in [1.165, 1.54) is 11.9 Å². The molecule has 2 amide bonds. The Balaban J connectivity index is 1.36. The predicted octanol–water partition coefficient (Wildman–Crippen LogP) is 4.90. The average Bonchev–Trinajstić information content (AvgIpc) is 3.28. The molecular formula is C30H35N7O2. The minimum absolute atomic E-state index is 0.141. The minimum Gasteiger partial charge on any atom is -0.352 e. The van der Waals surface area contributed by atoms with Gasteiger partial charge in [0.15, 0.2) is 5.82 Å². The lowest BCUT2D eigenvalue weighted by Crippen LogP contribution is -2.29. The average molecular weight is 526 g/mol. The van der Waals surface area contributed by atoms with Crippen molar-refractivity contribution in [1.29, 1.82) is 0 Å².